The second-order valence-electron chi connectivity index (χ2n) is 4.66. The van der Waals surface area contributed by atoms with E-state index in [0.717, 1.165) is 14.2 Å². The highest BCUT2D eigenvalue weighted by Gasteiger charge is 2.31. The molecule has 0 aromatic heterocycles. The van der Waals surface area contributed by atoms with Crippen molar-refractivity contribution in [2.45, 2.75) is 0 Å². The predicted octanol–water partition coefficient (Wildman–Crippen LogP) is 1.39. The van der Waals surface area contributed by atoms with Gasteiger partial charge in [0.2, 0.25) is 0 Å². The summed E-state index contributed by atoms with van der Waals surface area (Å²) in [5.41, 5.74) is 0.201. The van der Waals surface area contributed by atoms with Gasteiger partial charge < -0.3 is 9.47 Å². The van der Waals surface area contributed by atoms with Gasteiger partial charge in [-0.2, -0.15) is 0 Å². The first-order chi connectivity index (χ1) is 10.4. The number of ether oxygens (including phenoxy) is 2. The normalized spacial score (nSPS) is 10.0. The van der Waals surface area contributed by atoms with E-state index in [0.29, 0.717) is 11.3 Å². The number of methoxy groups -OCH3 is 2. The van der Waals surface area contributed by atoms with Gasteiger partial charge in [0, 0.05) is 5.56 Å². The van der Waals surface area contributed by atoms with Crippen LogP contribution in [0.2, 0.25) is 0 Å². The molecule has 5 nitrogen and oxygen atoms in total. The Hall–Kier alpha value is -2.08. The lowest BCUT2D eigenvalue weighted by atomic mass is 9.99. The summed E-state index contributed by atoms with van der Waals surface area (Å²) in [5.74, 6) is -1.80. The molecular weight excluding hydrogens is 304 g/mol. The minimum Gasteiger partial charge on any atom is -0.465 e. The zero-order valence-electron chi connectivity index (χ0n) is 13.0. The van der Waals surface area contributed by atoms with Crippen LogP contribution in [0.25, 0.3) is 0 Å². The molecule has 0 aliphatic rings. The van der Waals surface area contributed by atoms with Crippen LogP contribution in [0.4, 0.5) is 0 Å². The Labute approximate surface area is 132 Å². The lowest BCUT2D eigenvalue weighted by molar-refractivity contribution is -0.144. The largest absolute Gasteiger partial charge is 0.465 e. The monoisotopic (exact) mass is 323 g/mol. The fraction of sp³-hybridized carbons (Fsp3) is 0.312. The number of hydrogen-bond acceptors (Lipinski definition) is 5. The second kappa shape index (κ2) is 8.38. The number of ketones is 1. The maximum Gasteiger partial charge on any atom is 0.345 e. The number of carbonyl (C=O) groups excluding carboxylic acids is 3. The topological polar surface area (TPSA) is 69.7 Å². The van der Waals surface area contributed by atoms with Crippen LogP contribution in [0.5, 0.6) is 0 Å². The molecule has 118 valence electrons. The standard InChI is InChI=1S/C16H19O5S/c1-20-15(18)13(16(19)21-2)12(10-22(3)4)14(17)11-8-6-5-7-9-11/h5-9H,10H2,1-4H3/q+1. The van der Waals surface area contributed by atoms with E-state index in [1.54, 1.807) is 30.3 Å². The summed E-state index contributed by atoms with van der Waals surface area (Å²) in [4.78, 5) is 36.6. The Kier molecular flexibility index (Phi) is 6.85. The van der Waals surface area contributed by atoms with Gasteiger partial charge in [0.05, 0.1) is 32.3 Å². The number of Topliss-reactive ketones (excluding diaryl/α,β-unsaturated/α-hetero) is 1. The van der Waals surface area contributed by atoms with E-state index in [9.17, 15) is 14.4 Å². The third kappa shape index (κ3) is 4.46. The molecule has 0 N–H and O–H groups in total. The summed E-state index contributed by atoms with van der Waals surface area (Å²) < 4.78 is 9.27. The molecule has 0 saturated heterocycles. The van der Waals surface area contributed by atoms with Crippen molar-refractivity contribution >= 4 is 28.6 Å². The summed E-state index contributed by atoms with van der Waals surface area (Å²) in [7, 11) is 2.13. The lowest BCUT2D eigenvalue weighted by Gasteiger charge is -2.10. The van der Waals surface area contributed by atoms with Crippen molar-refractivity contribution in [3.05, 3.63) is 47.0 Å². The molecule has 0 aliphatic heterocycles. The molecule has 1 rings (SSSR count). The van der Waals surface area contributed by atoms with Crippen LogP contribution in [0, 0.1) is 0 Å². The van der Waals surface area contributed by atoms with Crippen molar-refractivity contribution in [3.63, 3.8) is 0 Å². The molecule has 0 unspecified atom stereocenters. The lowest BCUT2D eigenvalue weighted by Crippen LogP contribution is -2.25. The first-order valence-electron chi connectivity index (χ1n) is 6.46. The molecule has 6 heteroatoms. The average molecular weight is 323 g/mol. The van der Waals surface area contributed by atoms with E-state index in [-0.39, 0.29) is 27.8 Å². The van der Waals surface area contributed by atoms with Gasteiger partial charge in [-0.25, -0.2) is 9.59 Å². The molecule has 0 spiro atoms. The molecule has 0 fully saturated rings. The van der Waals surface area contributed by atoms with E-state index in [2.05, 4.69) is 9.47 Å². The van der Waals surface area contributed by atoms with Gasteiger partial charge in [0.25, 0.3) is 0 Å². The summed E-state index contributed by atoms with van der Waals surface area (Å²) in [6.45, 7) is 0. The van der Waals surface area contributed by atoms with Crippen molar-refractivity contribution in [2.75, 3.05) is 32.5 Å². The second-order valence-corrected chi connectivity index (χ2v) is 6.92. The fourth-order valence-electron chi connectivity index (χ4n) is 1.84. The van der Waals surface area contributed by atoms with Crippen LogP contribution in [0.3, 0.4) is 0 Å². The summed E-state index contributed by atoms with van der Waals surface area (Å²) >= 11 is 0. The Balaban J connectivity index is 3.46. The van der Waals surface area contributed by atoms with Crippen LogP contribution in [0.15, 0.2) is 41.5 Å². The van der Waals surface area contributed by atoms with E-state index in [4.69, 9.17) is 0 Å². The summed E-state index contributed by atoms with van der Waals surface area (Å²) in [5, 5.41) is 0. The van der Waals surface area contributed by atoms with Gasteiger partial charge in [-0.1, -0.05) is 30.3 Å². The van der Waals surface area contributed by atoms with Gasteiger partial charge >= 0.3 is 11.9 Å². The van der Waals surface area contributed by atoms with Crippen LogP contribution in [0.1, 0.15) is 10.4 Å². The number of esters is 2. The Morgan fingerprint density at radius 3 is 1.86 bits per heavy atom. The van der Waals surface area contributed by atoms with E-state index < -0.39 is 11.9 Å². The molecule has 0 aliphatic carbocycles. The summed E-state index contributed by atoms with van der Waals surface area (Å²) in [6, 6.07) is 8.50. The zero-order chi connectivity index (χ0) is 16.7. The van der Waals surface area contributed by atoms with Crippen LogP contribution in [-0.4, -0.2) is 50.2 Å². The SMILES string of the molecule is COC(=O)C(C(=O)OC)=C(C[S+](C)C)C(=O)c1ccccc1. The van der Waals surface area contributed by atoms with Gasteiger partial charge in [-0.15, -0.1) is 0 Å². The highest BCUT2D eigenvalue weighted by atomic mass is 32.2. The highest BCUT2D eigenvalue weighted by molar-refractivity contribution is 7.95. The minimum absolute atomic E-state index is 0.123. The van der Waals surface area contributed by atoms with E-state index >= 15 is 0 Å². The molecule has 1 aromatic rings. The molecule has 0 radical (unpaired) electrons. The number of carbonyl (C=O) groups is 3. The maximum absolute atomic E-state index is 12.7. The molecule has 22 heavy (non-hydrogen) atoms. The van der Waals surface area contributed by atoms with Crippen molar-refractivity contribution in [1.82, 2.24) is 0 Å². The molecule has 0 atom stereocenters. The zero-order valence-corrected chi connectivity index (χ0v) is 13.9. The number of rotatable bonds is 6. The van der Waals surface area contributed by atoms with Crippen molar-refractivity contribution < 1.29 is 23.9 Å². The summed E-state index contributed by atoms with van der Waals surface area (Å²) in [6.07, 6.45) is 3.84. The van der Waals surface area contributed by atoms with Crippen LogP contribution < -0.4 is 0 Å². The Morgan fingerprint density at radius 2 is 1.45 bits per heavy atom. The van der Waals surface area contributed by atoms with Gasteiger partial charge in [-0.3, -0.25) is 4.79 Å². The molecule has 0 amide bonds. The van der Waals surface area contributed by atoms with E-state index in [1.807, 2.05) is 12.5 Å². The van der Waals surface area contributed by atoms with Crippen molar-refractivity contribution in [3.8, 4) is 0 Å². The first-order valence-corrected chi connectivity index (χ1v) is 8.67. The van der Waals surface area contributed by atoms with Gasteiger partial charge in [0.1, 0.15) is 5.75 Å². The molecule has 1 aromatic carbocycles. The molecule has 0 bridgehead atoms. The van der Waals surface area contributed by atoms with Crippen LogP contribution >= 0.6 is 0 Å². The third-order valence-electron chi connectivity index (χ3n) is 2.82. The minimum atomic E-state index is -0.864. The Bertz CT molecular complexity index is 572. The molecule has 0 heterocycles. The Morgan fingerprint density at radius 1 is 0.955 bits per heavy atom. The maximum atomic E-state index is 12.7. The predicted molar refractivity (Wildman–Crippen MR) is 85.9 cm³/mol. The third-order valence-corrected chi connectivity index (χ3v) is 3.69. The number of hydrogen-bond donors (Lipinski definition) is 0. The van der Waals surface area contributed by atoms with Gasteiger partial charge in [-0.05, 0) is 10.9 Å². The van der Waals surface area contributed by atoms with Gasteiger partial charge in [0.15, 0.2) is 11.4 Å². The highest BCUT2D eigenvalue weighted by Crippen LogP contribution is 2.17. The van der Waals surface area contributed by atoms with Crippen molar-refractivity contribution in [1.29, 1.82) is 0 Å². The van der Waals surface area contributed by atoms with Crippen molar-refractivity contribution in [2.24, 2.45) is 0 Å². The molecular formula is C16H19O5S+. The van der Waals surface area contributed by atoms with Crippen LogP contribution in [-0.2, 0) is 30.0 Å². The quantitative estimate of drug-likeness (QED) is 0.198. The first kappa shape index (κ1) is 18.0. The average Bonchev–Trinajstić information content (AvgIpc) is 2.53. The smallest absolute Gasteiger partial charge is 0.345 e. The molecule has 0 saturated carbocycles. The fourth-order valence-corrected chi connectivity index (χ4v) is 2.69. The number of benzene rings is 1. The van der Waals surface area contributed by atoms with E-state index in [1.165, 1.54) is 0 Å².